The number of aliphatic hydroxyl groups is 1. The molecule has 2 aliphatic carbocycles. The Morgan fingerprint density at radius 1 is 0.731 bits per heavy atom. The largest absolute Gasteiger partial charge is 0.478 e. The molecular weight excluding hydrogens is 654 g/mol. The van der Waals surface area contributed by atoms with Crippen LogP contribution in [0.4, 0.5) is 11.6 Å². The zero-order valence-electron chi connectivity index (χ0n) is 30.5. The zero-order chi connectivity index (χ0) is 37.6. The van der Waals surface area contributed by atoms with Gasteiger partial charge in [-0.05, 0) is 73.9 Å². The average Bonchev–Trinajstić information content (AvgIpc) is 3.20. The van der Waals surface area contributed by atoms with Gasteiger partial charge in [-0.3, -0.25) is 14.8 Å². The van der Waals surface area contributed by atoms with Crippen LogP contribution in [0.5, 0.6) is 0 Å². The SMILES string of the molecule is CC.CO.NC1CCC(Nc2cncc(-c3cccc(/C=C/C(=O)O)c3)n2)CC1.O=C/C=C/c1cccc(-c2cncc(NC3CCCCC3)n2)c1. The summed E-state index contributed by atoms with van der Waals surface area (Å²) in [4.78, 5) is 39.0. The minimum atomic E-state index is -0.969. The van der Waals surface area contributed by atoms with Gasteiger partial charge in [0.1, 0.15) is 17.9 Å². The molecule has 0 atom stereocenters. The lowest BCUT2D eigenvalue weighted by Gasteiger charge is -2.27. The molecule has 2 saturated carbocycles. The van der Waals surface area contributed by atoms with E-state index in [4.69, 9.17) is 20.9 Å². The van der Waals surface area contributed by atoms with Gasteiger partial charge in [-0.15, -0.1) is 0 Å². The highest BCUT2D eigenvalue weighted by Gasteiger charge is 2.19. The summed E-state index contributed by atoms with van der Waals surface area (Å²) in [5.41, 5.74) is 11.2. The fraction of sp³-hybridized carbons (Fsp3) is 0.366. The van der Waals surface area contributed by atoms with Gasteiger partial charge in [0, 0.05) is 42.4 Å². The molecule has 2 fully saturated rings. The molecule has 2 heterocycles. The van der Waals surface area contributed by atoms with E-state index in [1.165, 1.54) is 38.2 Å². The maximum absolute atomic E-state index is 10.7. The smallest absolute Gasteiger partial charge is 0.328 e. The molecule has 2 aromatic heterocycles. The van der Waals surface area contributed by atoms with Crippen molar-refractivity contribution >= 4 is 36.0 Å². The van der Waals surface area contributed by atoms with Crippen molar-refractivity contribution in [1.29, 1.82) is 0 Å². The number of allylic oxidation sites excluding steroid dienone is 1. The van der Waals surface area contributed by atoms with E-state index in [-0.39, 0.29) is 0 Å². The number of carboxylic acids is 1. The Kier molecular flexibility index (Phi) is 18.4. The predicted molar refractivity (Wildman–Crippen MR) is 211 cm³/mol. The van der Waals surface area contributed by atoms with E-state index in [0.29, 0.717) is 18.1 Å². The van der Waals surface area contributed by atoms with Gasteiger partial charge in [-0.2, -0.15) is 0 Å². The first-order valence-electron chi connectivity index (χ1n) is 18.1. The molecule has 6 N–H and O–H groups in total. The number of hydrogen-bond donors (Lipinski definition) is 5. The van der Waals surface area contributed by atoms with Crippen LogP contribution in [0.3, 0.4) is 0 Å². The molecule has 0 bridgehead atoms. The quantitative estimate of drug-likeness (QED) is 0.0808. The van der Waals surface area contributed by atoms with Gasteiger partial charge < -0.3 is 26.6 Å². The number of nitrogens with zero attached hydrogens (tertiary/aromatic N) is 4. The van der Waals surface area contributed by atoms with Gasteiger partial charge in [-0.1, -0.05) is 75.6 Å². The highest BCUT2D eigenvalue weighted by molar-refractivity contribution is 5.85. The molecule has 0 amide bonds. The van der Waals surface area contributed by atoms with Crippen molar-refractivity contribution in [3.05, 3.63) is 96.6 Å². The number of carboxylic acid groups (broad SMARTS) is 1. The van der Waals surface area contributed by atoms with Gasteiger partial charge in [0.2, 0.25) is 0 Å². The zero-order valence-corrected chi connectivity index (χ0v) is 30.5. The van der Waals surface area contributed by atoms with Crippen LogP contribution in [0.2, 0.25) is 0 Å². The van der Waals surface area contributed by atoms with E-state index in [2.05, 4.69) is 25.6 Å². The summed E-state index contributed by atoms with van der Waals surface area (Å²) in [6.45, 7) is 4.00. The van der Waals surface area contributed by atoms with Gasteiger partial charge >= 0.3 is 5.97 Å². The van der Waals surface area contributed by atoms with Crippen LogP contribution in [0.1, 0.15) is 82.8 Å². The molecule has 0 unspecified atom stereocenters. The second kappa shape index (κ2) is 23.3. The molecule has 11 nitrogen and oxygen atoms in total. The lowest BCUT2D eigenvalue weighted by Crippen LogP contribution is -2.33. The van der Waals surface area contributed by atoms with E-state index < -0.39 is 5.97 Å². The van der Waals surface area contributed by atoms with E-state index in [0.717, 1.165) is 90.4 Å². The van der Waals surface area contributed by atoms with Crippen LogP contribution in [0.15, 0.2) is 85.5 Å². The molecule has 6 rings (SSSR count). The fourth-order valence-corrected chi connectivity index (χ4v) is 6.00. The first-order chi connectivity index (χ1) is 25.4. The topological polar surface area (TPSA) is 176 Å². The van der Waals surface area contributed by atoms with Crippen molar-refractivity contribution in [2.75, 3.05) is 17.7 Å². The molecular formula is C41H53N7O4. The summed E-state index contributed by atoms with van der Waals surface area (Å²) in [6, 6.07) is 16.7. The number of aromatic nitrogens is 4. The third-order valence-electron chi connectivity index (χ3n) is 8.50. The third kappa shape index (κ3) is 14.2. The van der Waals surface area contributed by atoms with Crippen molar-refractivity contribution in [3.63, 3.8) is 0 Å². The molecule has 2 aromatic carbocycles. The van der Waals surface area contributed by atoms with Crippen LogP contribution in [0.25, 0.3) is 34.7 Å². The van der Waals surface area contributed by atoms with Gasteiger partial charge in [0.05, 0.1) is 36.2 Å². The number of aldehydes is 1. The number of anilines is 2. The summed E-state index contributed by atoms with van der Waals surface area (Å²) in [5, 5.41) is 22.7. The lowest BCUT2D eigenvalue weighted by molar-refractivity contribution is -0.131. The average molecular weight is 708 g/mol. The second-order valence-electron chi connectivity index (χ2n) is 12.2. The summed E-state index contributed by atoms with van der Waals surface area (Å²) >= 11 is 0. The number of aliphatic carboxylic acids is 1. The van der Waals surface area contributed by atoms with E-state index in [1.54, 1.807) is 36.9 Å². The minimum absolute atomic E-state index is 0.317. The minimum Gasteiger partial charge on any atom is -0.478 e. The molecule has 0 radical (unpaired) electrons. The predicted octanol–water partition coefficient (Wildman–Crippen LogP) is 7.66. The number of nitrogens with two attached hydrogens (primary N) is 1. The molecule has 11 heteroatoms. The number of hydrogen-bond acceptors (Lipinski definition) is 10. The van der Waals surface area contributed by atoms with Gasteiger partial charge in [0.15, 0.2) is 0 Å². The van der Waals surface area contributed by atoms with E-state index in [1.807, 2.05) is 62.4 Å². The van der Waals surface area contributed by atoms with E-state index in [9.17, 15) is 9.59 Å². The summed E-state index contributed by atoms with van der Waals surface area (Å²) in [6.07, 6.45) is 24.2. The monoisotopic (exact) mass is 707 g/mol. The number of rotatable bonds is 10. The Bertz CT molecular complexity index is 1710. The van der Waals surface area contributed by atoms with Crippen molar-refractivity contribution in [1.82, 2.24) is 19.9 Å². The maximum Gasteiger partial charge on any atom is 0.328 e. The molecule has 276 valence electrons. The molecule has 4 aromatic rings. The van der Waals surface area contributed by atoms with Gasteiger partial charge in [0.25, 0.3) is 0 Å². The second-order valence-corrected chi connectivity index (χ2v) is 12.2. The Labute approximate surface area is 307 Å². The first kappa shape index (κ1) is 41.2. The maximum atomic E-state index is 10.7. The summed E-state index contributed by atoms with van der Waals surface area (Å²) in [5.74, 6) is 0.622. The van der Waals surface area contributed by atoms with Crippen LogP contribution in [0, 0.1) is 0 Å². The van der Waals surface area contributed by atoms with Crippen LogP contribution >= 0.6 is 0 Å². The molecule has 0 saturated heterocycles. The van der Waals surface area contributed by atoms with E-state index >= 15 is 0 Å². The van der Waals surface area contributed by atoms with Crippen molar-refractivity contribution in [2.24, 2.45) is 5.73 Å². The number of nitrogens with one attached hydrogen (secondary N) is 2. The highest BCUT2D eigenvalue weighted by atomic mass is 16.4. The Morgan fingerprint density at radius 3 is 1.73 bits per heavy atom. The molecule has 2 aliphatic rings. The number of carbonyl (C=O) groups is 2. The van der Waals surface area contributed by atoms with Crippen molar-refractivity contribution in [3.8, 4) is 22.5 Å². The van der Waals surface area contributed by atoms with Gasteiger partial charge in [-0.25, -0.2) is 14.8 Å². The Balaban J connectivity index is 0.000000257. The number of benzene rings is 2. The Hall–Kier alpha value is -5.26. The molecule has 0 aliphatic heterocycles. The lowest BCUT2D eigenvalue weighted by atomic mass is 9.92. The van der Waals surface area contributed by atoms with Crippen LogP contribution in [-0.4, -0.2) is 67.6 Å². The summed E-state index contributed by atoms with van der Waals surface area (Å²) in [7, 11) is 1.00. The standard InChI is InChI=1S/C19H22N4O2.C19H21N3O.C2H6.CH4O/c20-15-5-7-16(8-6-15)22-18-12-21-11-17(23-18)14-3-1-2-13(10-14)4-9-19(24)25;23-11-5-7-15-6-4-8-16(12-15)18-13-20-14-19(22-18)21-17-9-2-1-3-10-17;2*1-2/h1-4,9-12,15-16H,5-8,20H2,(H,22,23)(H,24,25);4-8,11-14,17H,1-3,9-10H2,(H,21,22);1-2H3;2H,1H3/b9-4+;7-5+;;. The fourth-order valence-electron chi connectivity index (χ4n) is 6.00. The molecule has 52 heavy (non-hydrogen) atoms. The van der Waals surface area contributed by atoms with Crippen molar-refractivity contribution < 1.29 is 19.8 Å². The normalized spacial score (nSPS) is 17.0. The van der Waals surface area contributed by atoms with Crippen LogP contribution < -0.4 is 16.4 Å². The number of carbonyl (C=O) groups excluding carboxylic acids is 1. The number of aliphatic hydroxyl groups excluding tert-OH is 1. The van der Waals surface area contributed by atoms with Crippen molar-refractivity contribution in [2.45, 2.75) is 89.8 Å². The van der Waals surface area contributed by atoms with Crippen LogP contribution in [-0.2, 0) is 9.59 Å². The third-order valence-corrected chi connectivity index (χ3v) is 8.50. The first-order valence-corrected chi connectivity index (χ1v) is 18.1. The Morgan fingerprint density at radius 2 is 1.23 bits per heavy atom. The summed E-state index contributed by atoms with van der Waals surface area (Å²) < 4.78 is 0. The highest BCUT2D eigenvalue weighted by Crippen LogP contribution is 2.25. The molecule has 0 spiro atoms.